The molecule has 2 N–H and O–H groups in total. The van der Waals surface area contributed by atoms with Gasteiger partial charge in [-0.15, -0.1) is 0 Å². The number of fused-ring (bicyclic) bond motifs is 1. The zero-order valence-corrected chi connectivity index (χ0v) is 14.5. The summed E-state index contributed by atoms with van der Waals surface area (Å²) in [5.41, 5.74) is 1.47. The maximum absolute atomic E-state index is 12.7. The summed E-state index contributed by atoms with van der Waals surface area (Å²) in [5, 5.41) is 12.7. The first-order chi connectivity index (χ1) is 12.1. The number of nitrogens with one attached hydrogen (secondary N) is 1. The standard InChI is InChI=1S/C18H26N4O3/c23-14-6-8-21(9-7-14)18(25)16-15-5-4-12(10-22(15)11-19-16)17(24)20-13-2-1-3-13/h11-14,23H,1-10H2,(H,20,24). The minimum absolute atomic E-state index is 0.0321. The normalized spacial score (nSPS) is 24.5. The third-order valence-electron chi connectivity index (χ3n) is 5.87. The molecule has 0 aromatic carbocycles. The molecule has 1 saturated carbocycles. The van der Waals surface area contributed by atoms with Crippen molar-refractivity contribution >= 4 is 11.8 Å². The molecule has 1 aromatic heterocycles. The predicted octanol–water partition coefficient (Wildman–Crippen LogP) is 0.711. The van der Waals surface area contributed by atoms with Crippen LogP contribution in [0.5, 0.6) is 0 Å². The van der Waals surface area contributed by atoms with Crippen molar-refractivity contribution in [1.29, 1.82) is 0 Å². The number of carbonyl (C=O) groups is 2. The number of amides is 2. The van der Waals surface area contributed by atoms with Gasteiger partial charge in [0.05, 0.1) is 24.0 Å². The molecule has 2 amide bonds. The van der Waals surface area contributed by atoms with Crippen molar-refractivity contribution in [3.05, 3.63) is 17.7 Å². The summed E-state index contributed by atoms with van der Waals surface area (Å²) in [6, 6.07) is 0.364. The predicted molar refractivity (Wildman–Crippen MR) is 91.0 cm³/mol. The van der Waals surface area contributed by atoms with Crippen molar-refractivity contribution in [2.45, 2.75) is 63.6 Å². The molecule has 1 saturated heterocycles. The smallest absolute Gasteiger partial charge is 0.274 e. The number of hydrogen-bond acceptors (Lipinski definition) is 4. The highest BCUT2D eigenvalue weighted by atomic mass is 16.3. The second kappa shape index (κ2) is 6.78. The molecule has 7 heteroatoms. The van der Waals surface area contributed by atoms with E-state index in [0.717, 1.165) is 25.0 Å². The van der Waals surface area contributed by atoms with Crippen molar-refractivity contribution in [3.8, 4) is 0 Å². The van der Waals surface area contributed by atoms with E-state index in [4.69, 9.17) is 0 Å². The van der Waals surface area contributed by atoms with Crippen LogP contribution in [0.3, 0.4) is 0 Å². The summed E-state index contributed by atoms with van der Waals surface area (Å²) in [7, 11) is 0. The summed E-state index contributed by atoms with van der Waals surface area (Å²) >= 11 is 0. The fraction of sp³-hybridized carbons (Fsp3) is 0.722. The van der Waals surface area contributed by atoms with Gasteiger partial charge in [-0.1, -0.05) is 0 Å². The van der Waals surface area contributed by atoms with Gasteiger partial charge in [0.1, 0.15) is 5.69 Å². The van der Waals surface area contributed by atoms with Gasteiger partial charge in [0.2, 0.25) is 5.91 Å². The highest BCUT2D eigenvalue weighted by molar-refractivity contribution is 5.93. The van der Waals surface area contributed by atoms with Crippen LogP contribution in [-0.2, 0) is 17.8 Å². The number of aliphatic hydroxyl groups is 1. The van der Waals surface area contributed by atoms with Crippen LogP contribution in [0.15, 0.2) is 6.33 Å². The number of piperidine rings is 1. The zero-order valence-electron chi connectivity index (χ0n) is 14.5. The fourth-order valence-corrected chi connectivity index (χ4v) is 3.95. The van der Waals surface area contributed by atoms with E-state index in [-0.39, 0.29) is 23.8 Å². The third-order valence-corrected chi connectivity index (χ3v) is 5.87. The van der Waals surface area contributed by atoms with Crippen molar-refractivity contribution in [1.82, 2.24) is 19.8 Å². The number of likely N-dealkylation sites (tertiary alicyclic amines) is 1. The molecule has 1 aliphatic carbocycles. The molecule has 0 spiro atoms. The lowest BCUT2D eigenvalue weighted by atomic mass is 9.91. The SMILES string of the molecule is O=C(NC1CCC1)C1CCc2c(C(=O)N3CCC(O)CC3)ncn2C1. The highest BCUT2D eigenvalue weighted by Gasteiger charge is 2.32. The first kappa shape index (κ1) is 16.6. The average molecular weight is 346 g/mol. The number of hydrogen-bond donors (Lipinski definition) is 2. The Morgan fingerprint density at radius 3 is 2.60 bits per heavy atom. The minimum Gasteiger partial charge on any atom is -0.393 e. The minimum atomic E-state index is -0.296. The molecule has 1 aromatic rings. The molecule has 1 unspecified atom stereocenters. The molecule has 3 aliphatic rings. The molecule has 25 heavy (non-hydrogen) atoms. The van der Waals surface area contributed by atoms with Crippen molar-refractivity contribution in [2.24, 2.45) is 5.92 Å². The summed E-state index contributed by atoms with van der Waals surface area (Å²) in [6.07, 6.45) is 7.54. The number of nitrogens with zero attached hydrogens (tertiary/aromatic N) is 3. The van der Waals surface area contributed by atoms with Crippen LogP contribution >= 0.6 is 0 Å². The molecular formula is C18H26N4O3. The number of aromatic nitrogens is 2. The monoisotopic (exact) mass is 346 g/mol. The molecule has 2 fully saturated rings. The Morgan fingerprint density at radius 2 is 1.92 bits per heavy atom. The Morgan fingerprint density at radius 1 is 1.16 bits per heavy atom. The van der Waals surface area contributed by atoms with Gasteiger partial charge in [-0.3, -0.25) is 9.59 Å². The van der Waals surface area contributed by atoms with Gasteiger partial charge in [-0.25, -0.2) is 4.98 Å². The lowest BCUT2D eigenvalue weighted by molar-refractivity contribution is -0.127. The van der Waals surface area contributed by atoms with Gasteiger partial charge in [-0.05, 0) is 44.9 Å². The lowest BCUT2D eigenvalue weighted by Crippen LogP contribution is -2.44. The van der Waals surface area contributed by atoms with Gasteiger partial charge in [0, 0.05) is 25.7 Å². The van der Waals surface area contributed by atoms with Crippen LogP contribution in [0.4, 0.5) is 0 Å². The molecule has 0 bridgehead atoms. The summed E-state index contributed by atoms with van der Waals surface area (Å²) in [5.74, 6) is 0.0651. The second-order valence-electron chi connectivity index (χ2n) is 7.59. The number of aliphatic hydroxyl groups excluding tert-OH is 1. The van der Waals surface area contributed by atoms with E-state index in [1.165, 1.54) is 6.42 Å². The molecule has 4 rings (SSSR count). The van der Waals surface area contributed by atoms with E-state index in [0.29, 0.717) is 50.6 Å². The molecule has 0 radical (unpaired) electrons. The Labute approximate surface area is 147 Å². The van der Waals surface area contributed by atoms with Gasteiger partial charge >= 0.3 is 0 Å². The van der Waals surface area contributed by atoms with Crippen molar-refractivity contribution in [3.63, 3.8) is 0 Å². The van der Waals surface area contributed by atoms with E-state index in [9.17, 15) is 14.7 Å². The van der Waals surface area contributed by atoms with Crippen LogP contribution in [0.2, 0.25) is 0 Å². The van der Waals surface area contributed by atoms with Crippen LogP contribution in [0, 0.1) is 5.92 Å². The van der Waals surface area contributed by atoms with E-state index < -0.39 is 0 Å². The first-order valence-corrected chi connectivity index (χ1v) is 9.43. The zero-order chi connectivity index (χ0) is 17.4. The number of imidazole rings is 1. The molecule has 3 heterocycles. The summed E-state index contributed by atoms with van der Waals surface area (Å²) < 4.78 is 1.97. The number of carbonyl (C=O) groups excluding carboxylic acids is 2. The lowest BCUT2D eigenvalue weighted by Gasteiger charge is -2.31. The molecule has 1 atom stereocenters. The highest BCUT2D eigenvalue weighted by Crippen LogP contribution is 2.26. The Balaban J connectivity index is 1.41. The van der Waals surface area contributed by atoms with E-state index >= 15 is 0 Å². The van der Waals surface area contributed by atoms with Gasteiger partial charge in [-0.2, -0.15) is 0 Å². The molecule has 7 nitrogen and oxygen atoms in total. The van der Waals surface area contributed by atoms with Crippen LogP contribution in [0.25, 0.3) is 0 Å². The quantitative estimate of drug-likeness (QED) is 0.844. The topological polar surface area (TPSA) is 87.5 Å². The van der Waals surface area contributed by atoms with E-state index in [2.05, 4.69) is 10.3 Å². The fourth-order valence-electron chi connectivity index (χ4n) is 3.95. The Hall–Kier alpha value is -1.89. The Bertz CT molecular complexity index is 659. The molecule has 2 aliphatic heterocycles. The van der Waals surface area contributed by atoms with Gasteiger partial charge < -0.3 is 19.9 Å². The van der Waals surface area contributed by atoms with Crippen molar-refractivity contribution in [2.75, 3.05) is 13.1 Å². The summed E-state index contributed by atoms with van der Waals surface area (Å²) in [6.45, 7) is 1.77. The van der Waals surface area contributed by atoms with Crippen LogP contribution < -0.4 is 5.32 Å². The van der Waals surface area contributed by atoms with Gasteiger partial charge in [0.15, 0.2) is 0 Å². The van der Waals surface area contributed by atoms with Crippen LogP contribution in [0.1, 0.15) is 54.7 Å². The molecule has 136 valence electrons. The largest absolute Gasteiger partial charge is 0.393 e. The molecular weight excluding hydrogens is 320 g/mol. The van der Waals surface area contributed by atoms with Gasteiger partial charge in [0.25, 0.3) is 5.91 Å². The second-order valence-corrected chi connectivity index (χ2v) is 7.59. The van der Waals surface area contributed by atoms with Crippen molar-refractivity contribution < 1.29 is 14.7 Å². The summed E-state index contributed by atoms with van der Waals surface area (Å²) in [4.78, 5) is 31.3. The Kier molecular flexibility index (Phi) is 4.50. The third kappa shape index (κ3) is 3.29. The maximum Gasteiger partial charge on any atom is 0.274 e. The van der Waals surface area contributed by atoms with Crippen LogP contribution in [-0.4, -0.2) is 56.6 Å². The van der Waals surface area contributed by atoms with E-state index in [1.54, 1.807) is 11.2 Å². The van der Waals surface area contributed by atoms with E-state index in [1.807, 2.05) is 4.57 Å². The number of rotatable bonds is 3. The maximum atomic E-state index is 12.7. The average Bonchev–Trinajstić information content (AvgIpc) is 3.01. The first-order valence-electron chi connectivity index (χ1n) is 9.43.